The number of anilines is 2. The van der Waals surface area contributed by atoms with Gasteiger partial charge in [-0.1, -0.05) is 0 Å². The fourth-order valence-corrected chi connectivity index (χ4v) is 3.29. The summed E-state index contributed by atoms with van der Waals surface area (Å²) in [5.41, 5.74) is -0.252. The zero-order valence-electron chi connectivity index (χ0n) is 14.9. The Bertz CT molecular complexity index is 1070. The molecular formula is C18H16F2N4O4S. The number of aromatic nitrogens is 1. The van der Waals surface area contributed by atoms with Gasteiger partial charge in [-0.3, -0.25) is 9.52 Å². The number of carbonyl (C=O) groups excluding carboxylic acids is 1. The van der Waals surface area contributed by atoms with E-state index in [1.807, 2.05) is 0 Å². The molecule has 3 rings (SSSR count). The van der Waals surface area contributed by atoms with Crippen molar-refractivity contribution in [3.63, 3.8) is 0 Å². The van der Waals surface area contributed by atoms with Crippen molar-refractivity contribution in [3.8, 4) is 0 Å². The fourth-order valence-electron chi connectivity index (χ4n) is 2.30. The van der Waals surface area contributed by atoms with Gasteiger partial charge in [-0.2, -0.15) is 0 Å². The van der Waals surface area contributed by atoms with Gasteiger partial charge in [-0.15, -0.1) is 0 Å². The van der Waals surface area contributed by atoms with E-state index in [2.05, 4.69) is 20.3 Å². The van der Waals surface area contributed by atoms with Crippen LogP contribution in [0.2, 0.25) is 0 Å². The molecule has 2 aromatic heterocycles. The first kappa shape index (κ1) is 20.3. The molecule has 8 nitrogen and oxygen atoms in total. The second kappa shape index (κ2) is 8.69. The SMILES string of the molecule is O=C(CNc1ccc(S(=O)(=O)Nc2cc(F)cc(F)c2)cn1)NCc1ccco1. The molecule has 0 saturated heterocycles. The number of benzene rings is 1. The first-order chi connectivity index (χ1) is 13.8. The zero-order valence-corrected chi connectivity index (χ0v) is 15.7. The molecule has 3 aromatic rings. The Kier molecular flexibility index (Phi) is 6.07. The lowest BCUT2D eigenvalue weighted by molar-refractivity contribution is -0.119. The number of rotatable bonds is 8. The normalized spacial score (nSPS) is 11.1. The number of pyridine rings is 1. The standard InChI is InChI=1S/C18H16F2N4O4S/c19-12-6-13(20)8-14(7-12)24-29(26,27)16-3-4-17(21-10-16)22-11-18(25)23-9-15-2-1-5-28-15/h1-8,10,24H,9,11H2,(H,21,22)(H,23,25). The minimum atomic E-state index is -4.09. The summed E-state index contributed by atoms with van der Waals surface area (Å²) < 4.78 is 58.2. The van der Waals surface area contributed by atoms with Gasteiger partial charge in [-0.05, 0) is 36.4 Å². The van der Waals surface area contributed by atoms with Crippen LogP contribution in [-0.4, -0.2) is 25.9 Å². The third kappa shape index (κ3) is 5.75. The van der Waals surface area contributed by atoms with Crippen LogP contribution < -0.4 is 15.4 Å². The third-order valence-corrected chi connectivity index (χ3v) is 5.00. The molecule has 2 heterocycles. The summed E-state index contributed by atoms with van der Waals surface area (Å²) in [6.45, 7) is 0.158. The Morgan fingerprint density at radius 2 is 1.86 bits per heavy atom. The number of nitrogens with zero attached hydrogens (tertiary/aromatic N) is 1. The van der Waals surface area contributed by atoms with E-state index in [0.717, 1.165) is 18.3 Å². The van der Waals surface area contributed by atoms with Crippen molar-refractivity contribution in [1.29, 1.82) is 0 Å². The smallest absolute Gasteiger partial charge is 0.263 e. The summed E-state index contributed by atoms with van der Waals surface area (Å²) in [6.07, 6.45) is 2.56. The maximum absolute atomic E-state index is 13.2. The molecule has 1 amide bonds. The summed E-state index contributed by atoms with van der Waals surface area (Å²) in [5, 5.41) is 5.39. The third-order valence-electron chi connectivity index (χ3n) is 3.63. The van der Waals surface area contributed by atoms with Gasteiger partial charge in [0.2, 0.25) is 5.91 Å². The predicted molar refractivity (Wildman–Crippen MR) is 100 cm³/mol. The van der Waals surface area contributed by atoms with E-state index in [4.69, 9.17) is 4.42 Å². The largest absolute Gasteiger partial charge is 0.467 e. The maximum atomic E-state index is 13.2. The van der Waals surface area contributed by atoms with Crippen molar-refractivity contribution >= 4 is 27.4 Å². The zero-order chi connectivity index (χ0) is 20.9. The summed E-state index contributed by atoms with van der Waals surface area (Å²) in [5.74, 6) is -1.25. The van der Waals surface area contributed by atoms with Crippen molar-refractivity contribution in [3.05, 3.63) is 72.3 Å². The highest BCUT2D eigenvalue weighted by Gasteiger charge is 2.16. The Balaban J connectivity index is 1.56. The highest BCUT2D eigenvalue weighted by Crippen LogP contribution is 2.18. The van der Waals surface area contributed by atoms with Gasteiger partial charge >= 0.3 is 0 Å². The molecule has 0 fully saturated rings. The molecular weight excluding hydrogens is 406 g/mol. The van der Waals surface area contributed by atoms with Gasteiger partial charge in [0.25, 0.3) is 10.0 Å². The lowest BCUT2D eigenvalue weighted by Gasteiger charge is -2.10. The first-order valence-electron chi connectivity index (χ1n) is 8.30. The molecule has 0 saturated carbocycles. The van der Waals surface area contributed by atoms with Crippen LogP contribution >= 0.6 is 0 Å². The Morgan fingerprint density at radius 3 is 2.48 bits per heavy atom. The molecule has 0 spiro atoms. The van der Waals surface area contributed by atoms with Crippen LogP contribution in [-0.2, 0) is 21.4 Å². The van der Waals surface area contributed by atoms with Crippen LogP contribution in [0.15, 0.2) is 64.2 Å². The average molecular weight is 422 g/mol. The van der Waals surface area contributed by atoms with Crippen LogP contribution in [0.1, 0.15) is 5.76 Å². The highest BCUT2D eigenvalue weighted by molar-refractivity contribution is 7.92. The summed E-state index contributed by atoms with van der Waals surface area (Å²) >= 11 is 0. The number of furan rings is 1. The van der Waals surface area contributed by atoms with Crippen LogP contribution in [0.3, 0.4) is 0 Å². The van der Waals surface area contributed by atoms with Crippen molar-refractivity contribution < 1.29 is 26.4 Å². The minimum absolute atomic E-state index is 0.0827. The number of halogens is 2. The molecule has 0 aliphatic rings. The molecule has 1 aromatic carbocycles. The predicted octanol–water partition coefficient (Wildman–Crippen LogP) is 2.48. The molecule has 11 heteroatoms. The molecule has 0 atom stereocenters. The van der Waals surface area contributed by atoms with Gasteiger partial charge in [0.15, 0.2) is 0 Å². The second-order valence-electron chi connectivity index (χ2n) is 5.85. The molecule has 0 aliphatic heterocycles. The van der Waals surface area contributed by atoms with E-state index in [9.17, 15) is 22.0 Å². The topological polar surface area (TPSA) is 113 Å². The number of nitrogens with one attached hydrogen (secondary N) is 3. The minimum Gasteiger partial charge on any atom is -0.467 e. The van der Waals surface area contributed by atoms with Crippen molar-refractivity contribution in [2.24, 2.45) is 0 Å². The summed E-state index contributed by atoms with van der Waals surface area (Å²) in [4.78, 5) is 15.5. The van der Waals surface area contributed by atoms with Crippen molar-refractivity contribution in [2.75, 3.05) is 16.6 Å². The lowest BCUT2D eigenvalue weighted by Crippen LogP contribution is -2.29. The van der Waals surface area contributed by atoms with Crippen LogP contribution in [0.5, 0.6) is 0 Å². The number of carbonyl (C=O) groups is 1. The van der Waals surface area contributed by atoms with E-state index in [0.29, 0.717) is 11.8 Å². The van der Waals surface area contributed by atoms with Crippen LogP contribution in [0.4, 0.5) is 20.3 Å². The van der Waals surface area contributed by atoms with Gasteiger partial charge in [0, 0.05) is 12.3 Å². The molecule has 29 heavy (non-hydrogen) atoms. The Labute approximate surface area is 165 Å². The fraction of sp³-hybridized carbons (Fsp3) is 0.111. The highest BCUT2D eigenvalue weighted by atomic mass is 32.2. The van der Waals surface area contributed by atoms with Gasteiger partial charge in [0.1, 0.15) is 28.1 Å². The molecule has 0 unspecified atom stereocenters. The average Bonchev–Trinajstić information content (AvgIpc) is 3.17. The van der Waals surface area contributed by atoms with Crippen LogP contribution in [0, 0.1) is 11.6 Å². The maximum Gasteiger partial charge on any atom is 0.263 e. The van der Waals surface area contributed by atoms with E-state index in [1.54, 1.807) is 12.1 Å². The lowest BCUT2D eigenvalue weighted by atomic mass is 10.3. The van der Waals surface area contributed by atoms with Gasteiger partial charge < -0.3 is 15.1 Å². The monoisotopic (exact) mass is 422 g/mol. The van der Waals surface area contributed by atoms with E-state index >= 15 is 0 Å². The van der Waals surface area contributed by atoms with Crippen LogP contribution in [0.25, 0.3) is 0 Å². The van der Waals surface area contributed by atoms with Gasteiger partial charge in [-0.25, -0.2) is 22.2 Å². The van der Waals surface area contributed by atoms with Crippen molar-refractivity contribution in [1.82, 2.24) is 10.3 Å². The Hall–Kier alpha value is -3.47. The van der Waals surface area contributed by atoms with Gasteiger partial charge in [0.05, 0.1) is 25.0 Å². The number of hydrogen-bond donors (Lipinski definition) is 3. The van der Waals surface area contributed by atoms with Crippen molar-refractivity contribution in [2.45, 2.75) is 11.4 Å². The van der Waals surface area contributed by atoms with E-state index in [1.165, 1.54) is 18.4 Å². The number of hydrogen-bond acceptors (Lipinski definition) is 6. The van der Waals surface area contributed by atoms with E-state index in [-0.39, 0.29) is 35.4 Å². The number of sulfonamides is 1. The summed E-state index contributed by atoms with van der Waals surface area (Å²) in [7, 11) is -4.09. The first-order valence-corrected chi connectivity index (χ1v) is 9.78. The molecule has 152 valence electrons. The molecule has 0 bridgehead atoms. The summed E-state index contributed by atoms with van der Waals surface area (Å²) in [6, 6.07) is 8.37. The molecule has 0 aliphatic carbocycles. The van der Waals surface area contributed by atoms with E-state index < -0.39 is 21.7 Å². The second-order valence-corrected chi connectivity index (χ2v) is 7.53. The quantitative estimate of drug-likeness (QED) is 0.514. The Morgan fingerprint density at radius 1 is 1.10 bits per heavy atom. The molecule has 0 radical (unpaired) electrons. The number of amides is 1. The molecule has 3 N–H and O–H groups in total.